The summed E-state index contributed by atoms with van der Waals surface area (Å²) < 4.78 is 17.8. The van der Waals surface area contributed by atoms with E-state index < -0.39 is 60.4 Å². The Hall–Kier alpha value is -1.56. The van der Waals surface area contributed by atoms with Gasteiger partial charge in [0.1, 0.15) is 30.5 Å². The van der Waals surface area contributed by atoms with E-state index in [1.54, 1.807) is 13.8 Å². The van der Waals surface area contributed by atoms with E-state index >= 15 is 0 Å². The number of rotatable bonds is 2. The van der Waals surface area contributed by atoms with Gasteiger partial charge in [0, 0.05) is 12.3 Å². The highest BCUT2D eigenvalue weighted by Gasteiger charge is 2.55. The van der Waals surface area contributed by atoms with Crippen molar-refractivity contribution < 1.29 is 29.5 Å². The molecule has 4 N–H and O–H groups in total. The molecule has 0 spiro atoms. The molecule has 2 aliphatic heterocycles. The molecule has 0 bridgehead atoms. The topological polar surface area (TPSA) is 143 Å². The average Bonchev–Trinajstić information content (AvgIpc) is 2.80. The summed E-state index contributed by atoms with van der Waals surface area (Å²) in [7, 11) is 0. The Morgan fingerprint density at radius 3 is 2.42 bits per heavy atom. The second-order valence-corrected chi connectivity index (χ2v) is 6.31. The van der Waals surface area contributed by atoms with Gasteiger partial charge in [0.2, 0.25) is 0 Å². The number of aromatic nitrogens is 2. The van der Waals surface area contributed by atoms with Gasteiger partial charge >= 0.3 is 5.69 Å². The van der Waals surface area contributed by atoms with E-state index in [9.17, 15) is 24.9 Å². The van der Waals surface area contributed by atoms with Crippen LogP contribution in [0.5, 0.6) is 0 Å². The van der Waals surface area contributed by atoms with Crippen molar-refractivity contribution in [3.05, 3.63) is 33.1 Å². The zero-order valence-electron chi connectivity index (χ0n) is 13.2. The van der Waals surface area contributed by atoms with Crippen molar-refractivity contribution >= 4 is 0 Å². The minimum atomic E-state index is -1.38. The van der Waals surface area contributed by atoms with Crippen LogP contribution >= 0.6 is 0 Å². The standard InChI is InChI=1S/C14H20N2O8/c1-14(2)23-10-8(19)6(5-17)22-12(9(20)11(10)24-14)16-4-3-7(18)15-13(16)21/h3-4,6,8-12,17,19-20H,5H2,1-2H3,(H,15,18,21)/t6?,8-,9?,10?,11?,12?/m1/s1. The highest BCUT2D eigenvalue weighted by atomic mass is 16.8. The number of aliphatic hydroxyl groups excluding tert-OH is 3. The monoisotopic (exact) mass is 344 g/mol. The molecule has 6 atom stereocenters. The first-order valence-electron chi connectivity index (χ1n) is 7.53. The molecule has 2 fully saturated rings. The Balaban J connectivity index is 2.03. The molecular formula is C14H20N2O8. The number of hydrogen-bond donors (Lipinski definition) is 4. The van der Waals surface area contributed by atoms with E-state index in [-0.39, 0.29) is 0 Å². The van der Waals surface area contributed by atoms with Crippen LogP contribution in [0, 0.1) is 0 Å². The minimum absolute atomic E-state index is 0.560. The van der Waals surface area contributed by atoms with Crippen molar-refractivity contribution in [3.63, 3.8) is 0 Å². The van der Waals surface area contributed by atoms with Crippen LogP contribution in [-0.2, 0) is 14.2 Å². The van der Waals surface area contributed by atoms with E-state index in [4.69, 9.17) is 14.2 Å². The summed E-state index contributed by atoms with van der Waals surface area (Å²) in [5.41, 5.74) is -1.40. The van der Waals surface area contributed by atoms with E-state index in [1.165, 1.54) is 0 Å². The lowest BCUT2D eigenvalue weighted by molar-refractivity contribution is -0.208. The Bertz CT molecular complexity index is 713. The molecule has 0 radical (unpaired) electrons. The van der Waals surface area contributed by atoms with Crippen molar-refractivity contribution in [3.8, 4) is 0 Å². The van der Waals surface area contributed by atoms with Crippen LogP contribution < -0.4 is 11.2 Å². The van der Waals surface area contributed by atoms with Crippen LogP contribution in [0.3, 0.4) is 0 Å². The maximum atomic E-state index is 12.0. The van der Waals surface area contributed by atoms with Gasteiger partial charge in [0.15, 0.2) is 12.0 Å². The quantitative estimate of drug-likeness (QED) is 0.468. The second kappa shape index (κ2) is 6.06. The summed E-state index contributed by atoms with van der Waals surface area (Å²) in [5, 5.41) is 30.5. The second-order valence-electron chi connectivity index (χ2n) is 6.31. The summed E-state index contributed by atoms with van der Waals surface area (Å²) in [5.74, 6) is -1.06. The van der Waals surface area contributed by atoms with Crippen molar-refractivity contribution in [2.75, 3.05) is 6.61 Å². The maximum Gasteiger partial charge on any atom is 0.330 e. The predicted octanol–water partition coefficient (Wildman–Crippen LogP) is -2.33. The molecule has 3 heterocycles. The summed E-state index contributed by atoms with van der Waals surface area (Å²) in [6, 6.07) is 1.10. The summed E-state index contributed by atoms with van der Waals surface area (Å²) in [6.07, 6.45) is -5.83. The van der Waals surface area contributed by atoms with Crippen LogP contribution in [0.4, 0.5) is 0 Å². The first kappa shape index (κ1) is 17.3. The lowest BCUT2D eigenvalue weighted by Crippen LogP contribution is -2.46. The number of aliphatic hydroxyl groups is 3. The van der Waals surface area contributed by atoms with Crippen molar-refractivity contribution in [1.29, 1.82) is 0 Å². The molecule has 2 aliphatic rings. The lowest BCUT2D eigenvalue weighted by atomic mass is 10.0. The van der Waals surface area contributed by atoms with Crippen LogP contribution in [0.15, 0.2) is 21.9 Å². The third-order valence-corrected chi connectivity index (χ3v) is 4.13. The molecule has 10 nitrogen and oxygen atoms in total. The zero-order valence-corrected chi connectivity index (χ0v) is 13.2. The van der Waals surface area contributed by atoms with Gasteiger partial charge in [-0.1, -0.05) is 0 Å². The van der Waals surface area contributed by atoms with Crippen LogP contribution in [0.2, 0.25) is 0 Å². The van der Waals surface area contributed by atoms with Gasteiger partial charge < -0.3 is 29.5 Å². The minimum Gasteiger partial charge on any atom is -0.394 e. The molecule has 0 aromatic carbocycles. The fourth-order valence-electron chi connectivity index (χ4n) is 3.07. The number of ether oxygens (including phenoxy) is 3. The molecule has 0 amide bonds. The summed E-state index contributed by atoms with van der Waals surface area (Å²) in [4.78, 5) is 25.3. The van der Waals surface area contributed by atoms with Crippen LogP contribution in [0.25, 0.3) is 0 Å². The van der Waals surface area contributed by atoms with E-state index in [1.807, 2.05) is 0 Å². The lowest BCUT2D eigenvalue weighted by Gasteiger charge is -2.29. The molecule has 2 saturated heterocycles. The van der Waals surface area contributed by atoms with E-state index in [2.05, 4.69) is 4.98 Å². The Morgan fingerprint density at radius 2 is 1.83 bits per heavy atom. The van der Waals surface area contributed by atoms with Crippen molar-refractivity contribution in [2.45, 2.75) is 56.4 Å². The molecule has 3 rings (SSSR count). The third-order valence-electron chi connectivity index (χ3n) is 4.13. The van der Waals surface area contributed by atoms with Gasteiger partial charge in [-0.2, -0.15) is 0 Å². The maximum absolute atomic E-state index is 12.0. The van der Waals surface area contributed by atoms with Gasteiger partial charge in [0.25, 0.3) is 5.56 Å². The number of aromatic amines is 1. The van der Waals surface area contributed by atoms with Crippen LogP contribution in [-0.4, -0.2) is 67.8 Å². The number of nitrogens with zero attached hydrogens (tertiary/aromatic N) is 1. The molecule has 24 heavy (non-hydrogen) atoms. The largest absolute Gasteiger partial charge is 0.394 e. The molecule has 134 valence electrons. The third kappa shape index (κ3) is 2.92. The zero-order chi connectivity index (χ0) is 17.6. The molecular weight excluding hydrogens is 324 g/mol. The first-order chi connectivity index (χ1) is 11.2. The van der Waals surface area contributed by atoms with Gasteiger partial charge in [0.05, 0.1) is 6.61 Å². The van der Waals surface area contributed by atoms with E-state index in [0.717, 1.165) is 16.8 Å². The molecule has 0 saturated carbocycles. The molecule has 1 aromatic rings. The molecule has 5 unspecified atom stereocenters. The van der Waals surface area contributed by atoms with Crippen molar-refractivity contribution in [1.82, 2.24) is 9.55 Å². The SMILES string of the molecule is CC1(C)OC2C(O)C(n3ccc(=O)[nH]c3=O)OC(CO)[C@@H](O)C2O1. The first-order valence-corrected chi connectivity index (χ1v) is 7.53. The molecule has 0 aliphatic carbocycles. The number of nitrogens with one attached hydrogen (secondary N) is 1. The Labute approximate surface area is 136 Å². The highest BCUT2D eigenvalue weighted by Crippen LogP contribution is 2.38. The summed E-state index contributed by atoms with van der Waals surface area (Å²) >= 11 is 0. The fraction of sp³-hybridized carbons (Fsp3) is 0.714. The smallest absolute Gasteiger partial charge is 0.330 e. The average molecular weight is 344 g/mol. The van der Waals surface area contributed by atoms with Gasteiger partial charge in [-0.25, -0.2) is 4.79 Å². The van der Waals surface area contributed by atoms with Crippen LogP contribution in [0.1, 0.15) is 20.1 Å². The van der Waals surface area contributed by atoms with Gasteiger partial charge in [-0.3, -0.25) is 14.3 Å². The normalized spacial score (nSPS) is 38.5. The highest BCUT2D eigenvalue weighted by molar-refractivity contribution is 4.99. The molecule has 1 aromatic heterocycles. The molecule has 10 heteroatoms. The number of fused-ring (bicyclic) bond motifs is 1. The van der Waals surface area contributed by atoms with Gasteiger partial charge in [-0.05, 0) is 13.8 Å². The van der Waals surface area contributed by atoms with Gasteiger partial charge in [-0.15, -0.1) is 0 Å². The Morgan fingerprint density at radius 1 is 1.21 bits per heavy atom. The fourth-order valence-corrected chi connectivity index (χ4v) is 3.07. The van der Waals surface area contributed by atoms with E-state index in [0.29, 0.717) is 0 Å². The van der Waals surface area contributed by atoms with Crippen molar-refractivity contribution in [2.24, 2.45) is 0 Å². The number of H-pyrrole nitrogens is 1. The summed E-state index contributed by atoms with van der Waals surface area (Å²) in [6.45, 7) is 2.68. The Kier molecular flexibility index (Phi) is 4.36. The number of hydrogen-bond acceptors (Lipinski definition) is 8. The predicted molar refractivity (Wildman–Crippen MR) is 78.2 cm³/mol.